The van der Waals surface area contributed by atoms with E-state index in [1.807, 2.05) is 0 Å². The van der Waals surface area contributed by atoms with Gasteiger partial charge in [-0.25, -0.2) is 0 Å². The quantitative estimate of drug-likeness (QED) is 0.789. The third-order valence-corrected chi connectivity index (χ3v) is 5.88. The molecule has 1 aliphatic heterocycles. The normalized spacial score (nSPS) is 32.6. The fraction of sp³-hybridized carbons (Fsp3) is 0.944. The summed E-state index contributed by atoms with van der Waals surface area (Å²) >= 11 is 0. The second-order valence-electron chi connectivity index (χ2n) is 8.34. The van der Waals surface area contributed by atoms with Crippen LogP contribution >= 0.6 is 0 Å². The smallest absolute Gasteiger partial charge is 0.305 e. The third kappa shape index (κ3) is 4.21. The van der Waals surface area contributed by atoms with Crippen molar-refractivity contribution in [2.75, 3.05) is 13.1 Å². The predicted molar refractivity (Wildman–Crippen MR) is 86.4 cm³/mol. The first-order valence-corrected chi connectivity index (χ1v) is 8.80. The summed E-state index contributed by atoms with van der Waals surface area (Å²) in [6, 6.07) is 0. The number of hydrogen-bond acceptors (Lipinski definition) is 2. The van der Waals surface area contributed by atoms with Crippen LogP contribution in [0.5, 0.6) is 0 Å². The Morgan fingerprint density at radius 1 is 1.10 bits per heavy atom. The van der Waals surface area contributed by atoms with Gasteiger partial charge < -0.3 is 5.11 Å². The van der Waals surface area contributed by atoms with Gasteiger partial charge in [0.1, 0.15) is 0 Å². The molecule has 1 N–H and O–H groups in total. The molecular weight excluding hydrogens is 262 g/mol. The lowest BCUT2D eigenvalue weighted by molar-refractivity contribution is -0.141. The summed E-state index contributed by atoms with van der Waals surface area (Å²) in [6.45, 7) is 9.22. The Bertz CT molecular complexity index is 355. The number of hydrogen-bond donors (Lipinski definition) is 1. The highest BCUT2D eigenvalue weighted by molar-refractivity contribution is 5.68. The van der Waals surface area contributed by atoms with Crippen LogP contribution in [0.25, 0.3) is 0 Å². The zero-order valence-electron chi connectivity index (χ0n) is 14.2. The van der Waals surface area contributed by atoms with Gasteiger partial charge in [0.15, 0.2) is 0 Å². The third-order valence-electron chi connectivity index (χ3n) is 5.88. The largest absolute Gasteiger partial charge is 0.481 e. The molecule has 2 aliphatic rings. The van der Waals surface area contributed by atoms with Crippen molar-refractivity contribution in [2.24, 2.45) is 11.3 Å². The van der Waals surface area contributed by atoms with Gasteiger partial charge in [0.25, 0.3) is 0 Å². The Morgan fingerprint density at radius 2 is 1.76 bits per heavy atom. The van der Waals surface area contributed by atoms with Gasteiger partial charge in [-0.3, -0.25) is 9.69 Å². The van der Waals surface area contributed by atoms with Crippen molar-refractivity contribution in [2.45, 2.75) is 84.1 Å². The zero-order chi connectivity index (χ0) is 15.5. The number of carbonyl (C=O) groups is 1. The van der Waals surface area contributed by atoms with Crippen LogP contribution in [-0.4, -0.2) is 34.6 Å². The van der Waals surface area contributed by atoms with Crippen LogP contribution in [0, 0.1) is 11.3 Å². The molecule has 21 heavy (non-hydrogen) atoms. The maximum atomic E-state index is 11.5. The van der Waals surface area contributed by atoms with Gasteiger partial charge in [0, 0.05) is 5.54 Å². The minimum absolute atomic E-state index is 0.0632. The van der Waals surface area contributed by atoms with E-state index in [-0.39, 0.29) is 5.54 Å². The highest BCUT2D eigenvalue weighted by Crippen LogP contribution is 2.43. The molecule has 2 unspecified atom stereocenters. The maximum absolute atomic E-state index is 11.5. The first kappa shape index (κ1) is 16.8. The van der Waals surface area contributed by atoms with E-state index in [0.29, 0.717) is 11.8 Å². The molecule has 3 heteroatoms. The fourth-order valence-electron chi connectivity index (χ4n) is 4.51. The summed E-state index contributed by atoms with van der Waals surface area (Å²) in [6.07, 6.45) is 9.91. The van der Waals surface area contributed by atoms with E-state index in [4.69, 9.17) is 0 Å². The standard InChI is InChI=1S/C18H33NO2/c1-17(2,3)15-8-7-10-18(11-9-15,14-16(20)21)19-12-5-4-6-13-19/h15H,4-14H2,1-3H3,(H,20,21). The molecule has 3 nitrogen and oxygen atoms in total. The average Bonchev–Trinajstić information content (AvgIpc) is 2.62. The lowest BCUT2D eigenvalue weighted by Crippen LogP contribution is -2.52. The molecule has 0 aromatic rings. The van der Waals surface area contributed by atoms with Crippen LogP contribution in [-0.2, 0) is 4.79 Å². The van der Waals surface area contributed by atoms with Gasteiger partial charge in [-0.15, -0.1) is 0 Å². The summed E-state index contributed by atoms with van der Waals surface area (Å²) < 4.78 is 0. The van der Waals surface area contributed by atoms with Gasteiger partial charge in [0.2, 0.25) is 0 Å². The highest BCUT2D eigenvalue weighted by atomic mass is 16.4. The molecule has 1 saturated heterocycles. The molecule has 122 valence electrons. The molecule has 2 rings (SSSR count). The second-order valence-corrected chi connectivity index (χ2v) is 8.34. The molecule has 2 fully saturated rings. The first-order chi connectivity index (χ1) is 9.83. The molecule has 0 aromatic heterocycles. The van der Waals surface area contributed by atoms with Gasteiger partial charge >= 0.3 is 5.97 Å². The number of carboxylic acid groups (broad SMARTS) is 1. The first-order valence-electron chi connectivity index (χ1n) is 8.80. The van der Waals surface area contributed by atoms with Gasteiger partial charge in [-0.1, -0.05) is 33.6 Å². The lowest BCUT2D eigenvalue weighted by atomic mass is 9.75. The van der Waals surface area contributed by atoms with E-state index in [9.17, 15) is 9.90 Å². The van der Waals surface area contributed by atoms with Crippen LogP contribution < -0.4 is 0 Å². The molecule has 0 amide bonds. The van der Waals surface area contributed by atoms with E-state index in [0.717, 1.165) is 31.8 Å². The number of rotatable bonds is 3. The molecular formula is C18H33NO2. The Labute approximate surface area is 130 Å². The SMILES string of the molecule is CC(C)(C)C1CCCC(CC(=O)O)(N2CCCCC2)CC1. The van der Waals surface area contributed by atoms with Gasteiger partial charge in [-0.05, 0) is 62.9 Å². The van der Waals surface area contributed by atoms with Crippen molar-refractivity contribution in [1.82, 2.24) is 4.90 Å². The molecule has 0 bridgehead atoms. The number of piperidine rings is 1. The number of nitrogens with zero attached hydrogens (tertiary/aromatic N) is 1. The summed E-state index contributed by atoms with van der Waals surface area (Å²) in [7, 11) is 0. The maximum Gasteiger partial charge on any atom is 0.305 e. The van der Waals surface area contributed by atoms with E-state index in [1.54, 1.807) is 0 Å². The van der Waals surface area contributed by atoms with Crippen LogP contribution in [0.2, 0.25) is 0 Å². The number of likely N-dealkylation sites (tertiary alicyclic amines) is 1. The molecule has 0 aromatic carbocycles. The van der Waals surface area contributed by atoms with Crippen LogP contribution in [0.3, 0.4) is 0 Å². The van der Waals surface area contributed by atoms with E-state index in [2.05, 4.69) is 25.7 Å². The Kier molecular flexibility index (Phi) is 5.34. The van der Waals surface area contributed by atoms with Gasteiger partial charge in [0.05, 0.1) is 6.42 Å². The monoisotopic (exact) mass is 295 g/mol. The minimum atomic E-state index is -0.616. The van der Waals surface area contributed by atoms with Crippen molar-refractivity contribution >= 4 is 5.97 Å². The Hall–Kier alpha value is -0.570. The molecule has 1 heterocycles. The minimum Gasteiger partial charge on any atom is -0.481 e. The fourth-order valence-corrected chi connectivity index (χ4v) is 4.51. The summed E-state index contributed by atoms with van der Waals surface area (Å²) in [4.78, 5) is 14.0. The molecule has 0 spiro atoms. The second kappa shape index (κ2) is 6.68. The molecule has 0 radical (unpaired) electrons. The van der Waals surface area contributed by atoms with Crippen LogP contribution in [0.15, 0.2) is 0 Å². The summed E-state index contributed by atoms with van der Waals surface area (Å²) in [5.41, 5.74) is 0.285. The number of carboxylic acids is 1. The lowest BCUT2D eigenvalue weighted by Gasteiger charge is -2.45. The average molecular weight is 295 g/mol. The molecule has 1 aliphatic carbocycles. The van der Waals surface area contributed by atoms with Crippen LogP contribution in [0.4, 0.5) is 0 Å². The van der Waals surface area contributed by atoms with Crippen LogP contribution in [0.1, 0.15) is 78.6 Å². The Morgan fingerprint density at radius 3 is 2.33 bits per heavy atom. The van der Waals surface area contributed by atoms with Crippen molar-refractivity contribution in [1.29, 1.82) is 0 Å². The van der Waals surface area contributed by atoms with Crippen molar-refractivity contribution in [3.63, 3.8) is 0 Å². The van der Waals surface area contributed by atoms with Gasteiger partial charge in [-0.2, -0.15) is 0 Å². The zero-order valence-corrected chi connectivity index (χ0v) is 14.2. The van der Waals surface area contributed by atoms with Crippen molar-refractivity contribution in [3.8, 4) is 0 Å². The predicted octanol–water partition coefficient (Wildman–Crippen LogP) is 4.31. The number of aliphatic carboxylic acids is 1. The topological polar surface area (TPSA) is 40.5 Å². The van der Waals surface area contributed by atoms with E-state index in [1.165, 1.54) is 38.5 Å². The summed E-state index contributed by atoms with van der Waals surface area (Å²) in [5.74, 6) is 0.118. The van der Waals surface area contributed by atoms with Crippen molar-refractivity contribution in [3.05, 3.63) is 0 Å². The van der Waals surface area contributed by atoms with E-state index < -0.39 is 5.97 Å². The molecule has 2 atom stereocenters. The summed E-state index contributed by atoms with van der Waals surface area (Å²) in [5, 5.41) is 9.45. The highest BCUT2D eigenvalue weighted by Gasteiger charge is 2.42. The van der Waals surface area contributed by atoms with E-state index >= 15 is 0 Å². The molecule has 1 saturated carbocycles. The van der Waals surface area contributed by atoms with Crippen molar-refractivity contribution < 1.29 is 9.90 Å². The Balaban J connectivity index is 2.14.